The monoisotopic (exact) mass is 208 g/mol. The largest absolute Gasteiger partial charge is 0.494 e. The van der Waals surface area contributed by atoms with Gasteiger partial charge >= 0.3 is 0 Å². The molecule has 0 N–H and O–H groups in total. The summed E-state index contributed by atoms with van der Waals surface area (Å²) in [5, 5.41) is 0. The Hall–Kier alpha value is -1.18. The molecule has 0 fully saturated rings. The first kappa shape index (κ1) is 11.9. The molecule has 0 saturated heterocycles. The van der Waals surface area contributed by atoms with Crippen molar-refractivity contribution in [3.8, 4) is 11.5 Å². The molecule has 2 nitrogen and oxygen atoms in total. The molecular weight excluding hydrogens is 188 g/mol. The summed E-state index contributed by atoms with van der Waals surface area (Å²) in [6, 6.07) is 5.98. The van der Waals surface area contributed by atoms with E-state index in [0.717, 1.165) is 43.1 Å². The first-order valence-electron chi connectivity index (χ1n) is 5.64. The molecule has 0 unspecified atom stereocenters. The van der Waals surface area contributed by atoms with Gasteiger partial charge in [-0.25, -0.2) is 0 Å². The van der Waals surface area contributed by atoms with Crippen LogP contribution in [0, 0.1) is 6.92 Å². The normalized spacial score (nSPS) is 10.1. The summed E-state index contributed by atoms with van der Waals surface area (Å²) >= 11 is 0. The van der Waals surface area contributed by atoms with Crippen LogP contribution in [-0.2, 0) is 0 Å². The molecule has 0 atom stereocenters. The second-order valence-corrected chi connectivity index (χ2v) is 3.62. The standard InChI is InChI=1S/C13H20O2/c1-4-8-14-12-6-7-13(11(3)10-12)15-9-5-2/h6-7,10H,4-5,8-9H2,1-3H3. The number of hydrogen-bond donors (Lipinski definition) is 0. The van der Waals surface area contributed by atoms with E-state index in [9.17, 15) is 0 Å². The highest BCUT2D eigenvalue weighted by Crippen LogP contribution is 2.23. The highest BCUT2D eigenvalue weighted by atomic mass is 16.5. The SMILES string of the molecule is CCCOc1ccc(OCCC)c(C)c1. The van der Waals surface area contributed by atoms with E-state index in [4.69, 9.17) is 9.47 Å². The van der Waals surface area contributed by atoms with Gasteiger partial charge in [-0.3, -0.25) is 0 Å². The predicted molar refractivity (Wildman–Crippen MR) is 62.8 cm³/mol. The number of aryl methyl sites for hydroxylation is 1. The van der Waals surface area contributed by atoms with Crippen molar-refractivity contribution in [3.05, 3.63) is 23.8 Å². The lowest BCUT2D eigenvalue weighted by Gasteiger charge is -2.10. The average Bonchev–Trinajstić information content (AvgIpc) is 2.25. The zero-order chi connectivity index (χ0) is 11.1. The molecule has 0 amide bonds. The van der Waals surface area contributed by atoms with Crippen LogP contribution in [-0.4, -0.2) is 13.2 Å². The van der Waals surface area contributed by atoms with Crippen LogP contribution < -0.4 is 9.47 Å². The van der Waals surface area contributed by atoms with Gasteiger partial charge in [-0.2, -0.15) is 0 Å². The van der Waals surface area contributed by atoms with E-state index in [1.165, 1.54) is 0 Å². The maximum Gasteiger partial charge on any atom is 0.122 e. The highest BCUT2D eigenvalue weighted by Gasteiger charge is 2.01. The maximum atomic E-state index is 5.59. The lowest BCUT2D eigenvalue weighted by atomic mass is 10.2. The third-order valence-electron chi connectivity index (χ3n) is 2.08. The molecular formula is C13H20O2. The second kappa shape index (κ2) is 6.33. The number of hydrogen-bond acceptors (Lipinski definition) is 2. The molecule has 1 aromatic carbocycles. The van der Waals surface area contributed by atoms with Gasteiger partial charge in [-0.1, -0.05) is 13.8 Å². The quantitative estimate of drug-likeness (QED) is 0.711. The van der Waals surface area contributed by atoms with Crippen LogP contribution in [0.2, 0.25) is 0 Å². The Kier molecular flexibility index (Phi) is 5.02. The van der Waals surface area contributed by atoms with Gasteiger partial charge in [-0.15, -0.1) is 0 Å². The Balaban J connectivity index is 2.61. The van der Waals surface area contributed by atoms with Crippen LogP contribution in [0.15, 0.2) is 18.2 Å². The fourth-order valence-electron chi connectivity index (χ4n) is 1.31. The van der Waals surface area contributed by atoms with Gasteiger partial charge in [0.1, 0.15) is 11.5 Å². The Morgan fingerprint density at radius 1 is 1.00 bits per heavy atom. The van der Waals surface area contributed by atoms with Gasteiger partial charge in [0.05, 0.1) is 13.2 Å². The van der Waals surface area contributed by atoms with Crippen molar-refractivity contribution in [1.29, 1.82) is 0 Å². The molecule has 0 spiro atoms. The van der Waals surface area contributed by atoms with Crippen molar-refractivity contribution in [1.82, 2.24) is 0 Å². The minimum absolute atomic E-state index is 0.772. The molecule has 0 heterocycles. The molecule has 84 valence electrons. The third-order valence-corrected chi connectivity index (χ3v) is 2.08. The highest BCUT2D eigenvalue weighted by molar-refractivity contribution is 5.39. The molecule has 0 saturated carbocycles. The van der Waals surface area contributed by atoms with Gasteiger partial charge in [0.25, 0.3) is 0 Å². The van der Waals surface area contributed by atoms with Crippen LogP contribution in [0.3, 0.4) is 0 Å². The third kappa shape index (κ3) is 3.82. The molecule has 0 aliphatic rings. The fourth-order valence-corrected chi connectivity index (χ4v) is 1.31. The minimum Gasteiger partial charge on any atom is -0.494 e. The summed E-state index contributed by atoms with van der Waals surface area (Å²) in [5.74, 6) is 1.89. The molecule has 1 rings (SSSR count). The van der Waals surface area contributed by atoms with E-state index < -0.39 is 0 Å². The topological polar surface area (TPSA) is 18.5 Å². The van der Waals surface area contributed by atoms with E-state index >= 15 is 0 Å². The van der Waals surface area contributed by atoms with Crippen LogP contribution in [0.25, 0.3) is 0 Å². The Bertz CT molecular complexity index is 295. The smallest absolute Gasteiger partial charge is 0.122 e. The van der Waals surface area contributed by atoms with E-state index in [1.807, 2.05) is 25.1 Å². The van der Waals surface area contributed by atoms with Gasteiger partial charge in [-0.05, 0) is 43.5 Å². The van der Waals surface area contributed by atoms with Crippen LogP contribution in [0.5, 0.6) is 11.5 Å². The van der Waals surface area contributed by atoms with E-state index in [-0.39, 0.29) is 0 Å². The zero-order valence-electron chi connectivity index (χ0n) is 9.88. The minimum atomic E-state index is 0.772. The van der Waals surface area contributed by atoms with Crippen LogP contribution in [0.1, 0.15) is 32.3 Å². The summed E-state index contributed by atoms with van der Waals surface area (Å²) in [4.78, 5) is 0. The molecule has 15 heavy (non-hydrogen) atoms. The second-order valence-electron chi connectivity index (χ2n) is 3.62. The van der Waals surface area contributed by atoms with Gasteiger partial charge in [0, 0.05) is 0 Å². The Morgan fingerprint density at radius 2 is 1.67 bits per heavy atom. The zero-order valence-corrected chi connectivity index (χ0v) is 9.88. The molecule has 0 bridgehead atoms. The predicted octanol–water partition coefficient (Wildman–Crippen LogP) is 3.57. The van der Waals surface area contributed by atoms with Crippen molar-refractivity contribution in [3.63, 3.8) is 0 Å². The van der Waals surface area contributed by atoms with Crippen molar-refractivity contribution in [2.45, 2.75) is 33.6 Å². The molecule has 0 aromatic heterocycles. The molecule has 0 aliphatic heterocycles. The number of rotatable bonds is 6. The van der Waals surface area contributed by atoms with E-state index in [0.29, 0.717) is 0 Å². The lowest BCUT2D eigenvalue weighted by Crippen LogP contribution is -1.99. The Morgan fingerprint density at radius 3 is 2.27 bits per heavy atom. The molecule has 0 radical (unpaired) electrons. The molecule has 1 aromatic rings. The fraction of sp³-hybridized carbons (Fsp3) is 0.538. The van der Waals surface area contributed by atoms with Gasteiger partial charge in [0.15, 0.2) is 0 Å². The van der Waals surface area contributed by atoms with E-state index in [1.54, 1.807) is 0 Å². The van der Waals surface area contributed by atoms with Crippen molar-refractivity contribution < 1.29 is 9.47 Å². The summed E-state index contributed by atoms with van der Waals surface area (Å²) < 4.78 is 11.1. The summed E-state index contributed by atoms with van der Waals surface area (Å²) in [6.45, 7) is 7.80. The summed E-state index contributed by atoms with van der Waals surface area (Å²) in [5.41, 5.74) is 1.14. The molecule has 0 aliphatic carbocycles. The summed E-state index contributed by atoms with van der Waals surface area (Å²) in [7, 11) is 0. The van der Waals surface area contributed by atoms with E-state index in [2.05, 4.69) is 13.8 Å². The van der Waals surface area contributed by atoms with Crippen LogP contribution >= 0.6 is 0 Å². The number of ether oxygens (including phenoxy) is 2. The molecule has 2 heteroatoms. The van der Waals surface area contributed by atoms with Gasteiger partial charge < -0.3 is 9.47 Å². The van der Waals surface area contributed by atoms with Crippen molar-refractivity contribution >= 4 is 0 Å². The Labute approximate surface area is 92.2 Å². The first-order valence-corrected chi connectivity index (χ1v) is 5.64. The first-order chi connectivity index (χ1) is 7.27. The van der Waals surface area contributed by atoms with Crippen molar-refractivity contribution in [2.24, 2.45) is 0 Å². The maximum absolute atomic E-state index is 5.59. The summed E-state index contributed by atoms with van der Waals surface area (Å²) in [6.07, 6.45) is 2.07. The van der Waals surface area contributed by atoms with Gasteiger partial charge in [0.2, 0.25) is 0 Å². The number of benzene rings is 1. The lowest BCUT2D eigenvalue weighted by molar-refractivity contribution is 0.307. The average molecular weight is 208 g/mol. The van der Waals surface area contributed by atoms with Crippen molar-refractivity contribution in [2.75, 3.05) is 13.2 Å². The van der Waals surface area contributed by atoms with Crippen LogP contribution in [0.4, 0.5) is 0 Å².